The molecule has 3 rings (SSSR count). The number of fused-ring (bicyclic) bond motifs is 1. The van der Waals surface area contributed by atoms with Gasteiger partial charge in [0.2, 0.25) is 0 Å². The highest BCUT2D eigenvalue weighted by molar-refractivity contribution is 9.10. The van der Waals surface area contributed by atoms with E-state index in [-0.39, 0.29) is 0 Å². The van der Waals surface area contributed by atoms with Crippen molar-refractivity contribution in [2.45, 2.75) is 33.1 Å². The second-order valence-corrected chi connectivity index (χ2v) is 6.92. The molecule has 1 saturated heterocycles. The molecule has 0 atom stereocenters. The Balaban J connectivity index is 1.92. The Hall–Kier alpha value is -1.16. The normalized spacial score (nSPS) is 18.4. The summed E-state index contributed by atoms with van der Waals surface area (Å²) in [6, 6.07) is 4.13. The van der Waals surface area contributed by atoms with E-state index in [1.165, 1.54) is 24.9 Å². The number of piperidine rings is 1. The van der Waals surface area contributed by atoms with E-state index < -0.39 is 0 Å². The van der Waals surface area contributed by atoms with Crippen molar-refractivity contribution in [2.24, 2.45) is 5.41 Å². The molecule has 1 aliphatic heterocycles. The molecule has 20 heavy (non-hydrogen) atoms. The molecule has 0 radical (unpaired) electrons. The number of nitrogens with zero attached hydrogens (tertiary/aromatic N) is 3. The molecular formula is C16H20BrN3. The van der Waals surface area contributed by atoms with Gasteiger partial charge in [-0.15, -0.1) is 0 Å². The summed E-state index contributed by atoms with van der Waals surface area (Å²) in [5.74, 6) is 0. The van der Waals surface area contributed by atoms with Gasteiger partial charge in [-0.2, -0.15) is 0 Å². The predicted molar refractivity (Wildman–Crippen MR) is 87.1 cm³/mol. The van der Waals surface area contributed by atoms with Gasteiger partial charge < -0.3 is 4.90 Å². The summed E-state index contributed by atoms with van der Waals surface area (Å²) < 4.78 is 0.979. The minimum absolute atomic E-state index is 0.510. The first kappa shape index (κ1) is 13.8. The van der Waals surface area contributed by atoms with Gasteiger partial charge in [-0.1, -0.05) is 20.3 Å². The number of halogens is 1. The van der Waals surface area contributed by atoms with Gasteiger partial charge in [0.05, 0.1) is 11.2 Å². The lowest BCUT2D eigenvalue weighted by atomic mass is 9.78. The SMILES string of the molecule is CCC1(C)CCN(c2ccnc3cc(Br)cnc23)CC1. The lowest BCUT2D eigenvalue weighted by Crippen LogP contribution is -2.38. The van der Waals surface area contributed by atoms with Crippen molar-refractivity contribution in [3.63, 3.8) is 0 Å². The second-order valence-electron chi connectivity index (χ2n) is 6.00. The zero-order valence-corrected chi connectivity index (χ0v) is 13.7. The number of hydrogen-bond donors (Lipinski definition) is 0. The number of hydrogen-bond acceptors (Lipinski definition) is 3. The third-order valence-corrected chi connectivity index (χ3v) is 5.12. The highest BCUT2D eigenvalue weighted by Gasteiger charge is 2.29. The minimum atomic E-state index is 0.510. The molecule has 0 amide bonds. The predicted octanol–water partition coefficient (Wildman–Crippen LogP) is 4.41. The van der Waals surface area contributed by atoms with Gasteiger partial charge in [-0.05, 0) is 46.3 Å². The maximum atomic E-state index is 4.56. The highest BCUT2D eigenvalue weighted by atomic mass is 79.9. The van der Waals surface area contributed by atoms with Crippen LogP contribution in [0, 0.1) is 5.41 Å². The Morgan fingerprint density at radius 2 is 2.05 bits per heavy atom. The minimum Gasteiger partial charge on any atom is -0.370 e. The van der Waals surface area contributed by atoms with E-state index in [1.54, 1.807) is 0 Å². The lowest BCUT2D eigenvalue weighted by Gasteiger charge is -2.40. The molecule has 3 nitrogen and oxygen atoms in total. The standard InChI is InChI=1S/C16H20BrN3/c1-3-16(2)5-8-20(9-6-16)14-4-7-18-13-10-12(17)11-19-15(13)14/h4,7,10-11H,3,5-6,8-9H2,1-2H3. The summed E-state index contributed by atoms with van der Waals surface area (Å²) in [5, 5.41) is 0. The third-order valence-electron chi connectivity index (χ3n) is 4.69. The Labute approximate surface area is 128 Å². The van der Waals surface area contributed by atoms with Crippen molar-refractivity contribution in [3.05, 3.63) is 29.0 Å². The Morgan fingerprint density at radius 1 is 1.30 bits per heavy atom. The molecule has 0 unspecified atom stereocenters. The Kier molecular flexibility index (Phi) is 3.67. The van der Waals surface area contributed by atoms with Crippen LogP contribution in [-0.2, 0) is 0 Å². The largest absolute Gasteiger partial charge is 0.370 e. The molecule has 2 aromatic rings. The topological polar surface area (TPSA) is 29.0 Å². The highest BCUT2D eigenvalue weighted by Crippen LogP contribution is 2.36. The summed E-state index contributed by atoms with van der Waals surface area (Å²) in [7, 11) is 0. The lowest BCUT2D eigenvalue weighted by molar-refractivity contribution is 0.238. The van der Waals surface area contributed by atoms with E-state index in [2.05, 4.69) is 50.7 Å². The zero-order chi connectivity index (χ0) is 14.2. The average molecular weight is 334 g/mol. The van der Waals surface area contributed by atoms with Crippen LogP contribution in [-0.4, -0.2) is 23.1 Å². The smallest absolute Gasteiger partial charge is 0.112 e. The van der Waals surface area contributed by atoms with Crippen molar-refractivity contribution < 1.29 is 0 Å². The summed E-state index contributed by atoms with van der Waals surface area (Å²) >= 11 is 3.46. The van der Waals surface area contributed by atoms with Crippen LogP contribution >= 0.6 is 15.9 Å². The fourth-order valence-corrected chi connectivity index (χ4v) is 3.21. The molecule has 0 aliphatic carbocycles. The van der Waals surface area contributed by atoms with Crippen molar-refractivity contribution in [1.29, 1.82) is 0 Å². The Bertz CT molecular complexity index is 618. The molecule has 2 aromatic heterocycles. The monoisotopic (exact) mass is 333 g/mol. The molecule has 0 saturated carbocycles. The summed E-state index contributed by atoms with van der Waals surface area (Å²) in [5.41, 5.74) is 3.70. The van der Waals surface area contributed by atoms with Gasteiger partial charge in [0.1, 0.15) is 5.52 Å². The van der Waals surface area contributed by atoms with E-state index in [1.807, 2.05) is 18.5 Å². The summed E-state index contributed by atoms with van der Waals surface area (Å²) in [6.45, 7) is 6.93. The number of rotatable bonds is 2. The average Bonchev–Trinajstić information content (AvgIpc) is 2.47. The maximum absolute atomic E-state index is 4.56. The van der Waals surface area contributed by atoms with Crippen molar-refractivity contribution in [2.75, 3.05) is 18.0 Å². The quantitative estimate of drug-likeness (QED) is 0.815. The molecule has 4 heteroatoms. The van der Waals surface area contributed by atoms with Crippen LogP contribution < -0.4 is 4.90 Å². The number of pyridine rings is 2. The Morgan fingerprint density at radius 3 is 2.75 bits per heavy atom. The first-order chi connectivity index (χ1) is 9.61. The third kappa shape index (κ3) is 2.53. The van der Waals surface area contributed by atoms with Crippen LogP contribution in [0.25, 0.3) is 11.0 Å². The van der Waals surface area contributed by atoms with Gasteiger partial charge in [0.25, 0.3) is 0 Å². The molecule has 1 fully saturated rings. The molecular weight excluding hydrogens is 314 g/mol. The van der Waals surface area contributed by atoms with Crippen LogP contribution in [0.4, 0.5) is 5.69 Å². The number of anilines is 1. The van der Waals surface area contributed by atoms with Gasteiger partial charge >= 0.3 is 0 Å². The zero-order valence-electron chi connectivity index (χ0n) is 12.1. The van der Waals surface area contributed by atoms with Crippen LogP contribution in [0.15, 0.2) is 29.0 Å². The van der Waals surface area contributed by atoms with Crippen LogP contribution in [0.2, 0.25) is 0 Å². The molecule has 3 heterocycles. The first-order valence-corrected chi connectivity index (χ1v) is 8.06. The maximum Gasteiger partial charge on any atom is 0.112 e. The summed E-state index contributed by atoms with van der Waals surface area (Å²) in [6.07, 6.45) is 7.52. The molecule has 106 valence electrons. The van der Waals surface area contributed by atoms with E-state index in [0.29, 0.717) is 5.41 Å². The first-order valence-electron chi connectivity index (χ1n) is 7.26. The fourth-order valence-electron chi connectivity index (χ4n) is 2.89. The number of aromatic nitrogens is 2. The molecule has 0 aromatic carbocycles. The fraction of sp³-hybridized carbons (Fsp3) is 0.500. The van der Waals surface area contributed by atoms with E-state index in [4.69, 9.17) is 0 Å². The second kappa shape index (κ2) is 5.32. The molecule has 0 bridgehead atoms. The van der Waals surface area contributed by atoms with Crippen molar-refractivity contribution >= 4 is 32.7 Å². The van der Waals surface area contributed by atoms with Crippen LogP contribution in [0.1, 0.15) is 33.1 Å². The molecule has 0 N–H and O–H groups in total. The van der Waals surface area contributed by atoms with Crippen molar-refractivity contribution in [1.82, 2.24) is 9.97 Å². The van der Waals surface area contributed by atoms with E-state index in [9.17, 15) is 0 Å². The van der Waals surface area contributed by atoms with E-state index >= 15 is 0 Å². The van der Waals surface area contributed by atoms with Crippen LogP contribution in [0.5, 0.6) is 0 Å². The van der Waals surface area contributed by atoms with Gasteiger partial charge in [0.15, 0.2) is 0 Å². The van der Waals surface area contributed by atoms with E-state index in [0.717, 1.165) is 28.6 Å². The van der Waals surface area contributed by atoms with Crippen LogP contribution in [0.3, 0.4) is 0 Å². The van der Waals surface area contributed by atoms with Gasteiger partial charge in [0, 0.05) is 30.0 Å². The van der Waals surface area contributed by atoms with Gasteiger partial charge in [-0.25, -0.2) is 0 Å². The molecule has 1 aliphatic rings. The van der Waals surface area contributed by atoms with Crippen molar-refractivity contribution in [3.8, 4) is 0 Å². The summed E-state index contributed by atoms with van der Waals surface area (Å²) in [4.78, 5) is 11.4. The molecule has 0 spiro atoms. The van der Waals surface area contributed by atoms with Gasteiger partial charge in [-0.3, -0.25) is 9.97 Å².